The molecule has 0 spiro atoms. The normalized spacial score (nSPS) is 8.77. The highest BCUT2D eigenvalue weighted by molar-refractivity contribution is 5.88. The number of hydrogen-bond donors (Lipinski definition) is 0. The highest BCUT2D eigenvalue weighted by Gasteiger charge is 1.91. The maximum absolute atomic E-state index is 10.7. The molecule has 0 aliphatic carbocycles. The third kappa shape index (κ3) is 8.94. The molecule has 0 aliphatic heterocycles. The first kappa shape index (κ1) is 12.0. The van der Waals surface area contributed by atoms with Crippen molar-refractivity contribution in [3.63, 3.8) is 0 Å². The Balaban J connectivity index is 3.33. The smallest absolute Gasteiger partial charge is 0.384 e. The van der Waals surface area contributed by atoms with Crippen LogP contribution in [0.1, 0.15) is 46.0 Å². The van der Waals surface area contributed by atoms with Crippen molar-refractivity contribution in [1.29, 1.82) is 0 Å². The summed E-state index contributed by atoms with van der Waals surface area (Å²) < 4.78 is 4.66. The summed E-state index contributed by atoms with van der Waals surface area (Å²) in [4.78, 5) is 10.7. The molecular formula is C11H18O2. The number of ether oxygens (including phenoxy) is 1. The second-order valence-corrected chi connectivity index (χ2v) is 2.83. The molecule has 0 aromatic heterocycles. The molecule has 0 aromatic rings. The SMILES string of the molecule is CCCCCCC#CC(=O)OCC. The van der Waals surface area contributed by atoms with Crippen molar-refractivity contribution in [3.8, 4) is 11.8 Å². The van der Waals surface area contributed by atoms with E-state index in [2.05, 4.69) is 23.5 Å². The summed E-state index contributed by atoms with van der Waals surface area (Å²) in [6.45, 7) is 4.36. The molecule has 0 rings (SSSR count). The molecule has 0 unspecified atom stereocenters. The van der Waals surface area contributed by atoms with Crippen molar-refractivity contribution < 1.29 is 9.53 Å². The van der Waals surface area contributed by atoms with E-state index in [9.17, 15) is 4.79 Å². The Kier molecular flexibility index (Phi) is 8.44. The first-order chi connectivity index (χ1) is 6.31. The van der Waals surface area contributed by atoms with Gasteiger partial charge in [0.1, 0.15) is 0 Å². The van der Waals surface area contributed by atoms with Crippen molar-refractivity contribution >= 4 is 5.97 Å². The fourth-order valence-corrected chi connectivity index (χ4v) is 0.942. The number of esters is 1. The van der Waals surface area contributed by atoms with Crippen LogP contribution in [0.15, 0.2) is 0 Å². The molecule has 0 aliphatic rings. The van der Waals surface area contributed by atoms with Gasteiger partial charge in [0.25, 0.3) is 0 Å². The molecule has 0 N–H and O–H groups in total. The lowest BCUT2D eigenvalue weighted by molar-refractivity contribution is -0.136. The Morgan fingerprint density at radius 2 is 2.00 bits per heavy atom. The van der Waals surface area contributed by atoms with Crippen LogP contribution in [0.4, 0.5) is 0 Å². The molecule has 0 amide bonds. The largest absolute Gasteiger partial charge is 0.456 e. The van der Waals surface area contributed by atoms with Crippen molar-refractivity contribution in [1.82, 2.24) is 0 Å². The van der Waals surface area contributed by atoms with Crippen molar-refractivity contribution in [3.05, 3.63) is 0 Å². The summed E-state index contributed by atoms with van der Waals surface area (Å²) in [5.41, 5.74) is 0. The molecule has 0 bridgehead atoms. The van der Waals surface area contributed by atoms with Crippen LogP contribution in [0.5, 0.6) is 0 Å². The minimum Gasteiger partial charge on any atom is -0.456 e. The molecule has 2 heteroatoms. The van der Waals surface area contributed by atoms with Gasteiger partial charge in [0, 0.05) is 12.3 Å². The van der Waals surface area contributed by atoms with Crippen molar-refractivity contribution in [2.45, 2.75) is 46.0 Å². The molecule has 0 aromatic carbocycles. The molecule has 0 atom stereocenters. The summed E-state index contributed by atoms with van der Waals surface area (Å²) in [5, 5.41) is 0. The number of carbonyl (C=O) groups is 1. The van der Waals surface area contributed by atoms with Crippen LogP contribution in [0, 0.1) is 11.8 Å². The summed E-state index contributed by atoms with van der Waals surface area (Å²) in [6, 6.07) is 0. The Morgan fingerprint density at radius 1 is 1.23 bits per heavy atom. The Labute approximate surface area is 80.7 Å². The molecule has 0 fully saturated rings. The third-order valence-electron chi connectivity index (χ3n) is 1.62. The van der Waals surface area contributed by atoms with Gasteiger partial charge in [0.15, 0.2) is 0 Å². The zero-order valence-electron chi connectivity index (χ0n) is 8.56. The van der Waals surface area contributed by atoms with Gasteiger partial charge in [-0.15, -0.1) is 0 Å². The van der Waals surface area contributed by atoms with Gasteiger partial charge in [-0.2, -0.15) is 0 Å². The summed E-state index contributed by atoms with van der Waals surface area (Å²) >= 11 is 0. The molecule has 0 saturated heterocycles. The highest BCUT2D eigenvalue weighted by atomic mass is 16.5. The Morgan fingerprint density at radius 3 is 2.62 bits per heavy atom. The van der Waals surface area contributed by atoms with E-state index in [-0.39, 0.29) is 0 Å². The van der Waals surface area contributed by atoms with Crippen LogP contribution in [0.2, 0.25) is 0 Å². The molecule has 2 nitrogen and oxygen atoms in total. The fourth-order valence-electron chi connectivity index (χ4n) is 0.942. The second-order valence-electron chi connectivity index (χ2n) is 2.83. The number of rotatable bonds is 5. The molecule has 0 heterocycles. The predicted molar refractivity (Wildman–Crippen MR) is 53.2 cm³/mol. The molecule has 0 saturated carbocycles. The van der Waals surface area contributed by atoms with Gasteiger partial charge in [0.05, 0.1) is 6.61 Å². The number of carbonyl (C=O) groups excluding carboxylic acids is 1. The van der Waals surface area contributed by atoms with Gasteiger partial charge in [-0.1, -0.05) is 32.1 Å². The maximum atomic E-state index is 10.7. The average Bonchev–Trinajstić information content (AvgIpc) is 2.11. The quantitative estimate of drug-likeness (QED) is 0.282. The van der Waals surface area contributed by atoms with Crippen LogP contribution >= 0.6 is 0 Å². The molecular weight excluding hydrogens is 164 g/mol. The topological polar surface area (TPSA) is 26.3 Å². The van der Waals surface area contributed by atoms with Crippen molar-refractivity contribution in [2.24, 2.45) is 0 Å². The fraction of sp³-hybridized carbons (Fsp3) is 0.727. The van der Waals surface area contributed by atoms with Gasteiger partial charge in [-0.25, -0.2) is 4.79 Å². The van der Waals surface area contributed by atoms with E-state index in [1.54, 1.807) is 6.92 Å². The second kappa shape index (κ2) is 9.12. The number of unbranched alkanes of at least 4 members (excludes halogenated alkanes) is 4. The molecule has 0 radical (unpaired) electrons. The van der Waals surface area contributed by atoms with E-state index in [0.717, 1.165) is 12.8 Å². The van der Waals surface area contributed by atoms with Gasteiger partial charge in [0.2, 0.25) is 0 Å². The molecule has 74 valence electrons. The predicted octanol–water partition coefficient (Wildman–Crippen LogP) is 2.52. The van der Waals surface area contributed by atoms with Crippen LogP contribution in [0.3, 0.4) is 0 Å². The monoisotopic (exact) mass is 182 g/mol. The lowest BCUT2D eigenvalue weighted by atomic mass is 10.2. The van der Waals surface area contributed by atoms with Crippen LogP contribution < -0.4 is 0 Å². The standard InChI is InChI=1S/C11H18O2/c1-3-5-6-7-8-9-10-11(12)13-4-2/h3-8H2,1-2H3. The van der Waals surface area contributed by atoms with Crippen LogP contribution in [-0.2, 0) is 9.53 Å². The van der Waals surface area contributed by atoms with Gasteiger partial charge in [-0.3, -0.25) is 0 Å². The summed E-state index contributed by atoms with van der Waals surface area (Å²) in [7, 11) is 0. The lowest BCUT2D eigenvalue weighted by Crippen LogP contribution is -1.99. The number of hydrogen-bond acceptors (Lipinski definition) is 2. The zero-order chi connectivity index (χ0) is 9.94. The van der Waals surface area contributed by atoms with Gasteiger partial charge in [-0.05, 0) is 13.3 Å². The summed E-state index contributed by atoms with van der Waals surface area (Å²) in [6.07, 6.45) is 5.57. The Bertz CT molecular complexity index is 186. The summed E-state index contributed by atoms with van der Waals surface area (Å²) in [5.74, 6) is 4.85. The lowest BCUT2D eigenvalue weighted by Gasteiger charge is -1.92. The minimum absolute atomic E-state index is 0.405. The van der Waals surface area contributed by atoms with Crippen molar-refractivity contribution in [2.75, 3.05) is 6.61 Å². The third-order valence-corrected chi connectivity index (χ3v) is 1.62. The minimum atomic E-state index is -0.405. The van der Waals surface area contributed by atoms with E-state index < -0.39 is 5.97 Å². The van der Waals surface area contributed by atoms with Crippen LogP contribution in [0.25, 0.3) is 0 Å². The first-order valence-corrected chi connectivity index (χ1v) is 4.96. The average molecular weight is 182 g/mol. The maximum Gasteiger partial charge on any atom is 0.384 e. The van der Waals surface area contributed by atoms with Crippen LogP contribution in [-0.4, -0.2) is 12.6 Å². The molecule has 13 heavy (non-hydrogen) atoms. The van der Waals surface area contributed by atoms with E-state index in [0.29, 0.717) is 6.61 Å². The van der Waals surface area contributed by atoms with E-state index in [1.807, 2.05) is 0 Å². The van der Waals surface area contributed by atoms with Gasteiger partial charge >= 0.3 is 5.97 Å². The van der Waals surface area contributed by atoms with Gasteiger partial charge < -0.3 is 4.74 Å². The first-order valence-electron chi connectivity index (χ1n) is 4.96. The highest BCUT2D eigenvalue weighted by Crippen LogP contribution is 2.00. The van der Waals surface area contributed by atoms with E-state index >= 15 is 0 Å². The van der Waals surface area contributed by atoms with E-state index in [1.165, 1.54) is 19.3 Å². The zero-order valence-corrected chi connectivity index (χ0v) is 8.56. The Hall–Kier alpha value is -0.970. The van der Waals surface area contributed by atoms with E-state index in [4.69, 9.17) is 0 Å².